The van der Waals surface area contributed by atoms with Crippen molar-refractivity contribution in [2.45, 2.75) is 70.3 Å². The van der Waals surface area contributed by atoms with Gasteiger partial charge in [-0.25, -0.2) is 9.59 Å². The number of hydrogen-bond donors (Lipinski definition) is 3. The van der Waals surface area contributed by atoms with Crippen molar-refractivity contribution >= 4 is 35.9 Å². The third-order valence-electron chi connectivity index (χ3n) is 7.43. The lowest BCUT2D eigenvalue weighted by Crippen LogP contribution is -2.67. The SMILES string of the molecule is CC(=O)N[C@H]1[C@H](OC[C@H](NC(=O)OCC2c3ccccc3-c3ccccc32)C(=O)O)O[C@@H](COC(C)=O)[C@@H](OC(C)=O)[C@@H]1OC(C)=O. The van der Waals surface area contributed by atoms with Crippen LogP contribution in [0.25, 0.3) is 11.1 Å². The smallest absolute Gasteiger partial charge is 0.407 e. The zero-order chi connectivity index (χ0) is 34.2. The maximum Gasteiger partial charge on any atom is 0.407 e. The molecule has 2 aromatic carbocycles. The first-order valence-corrected chi connectivity index (χ1v) is 14.7. The number of benzene rings is 2. The Labute approximate surface area is 269 Å². The molecule has 15 heteroatoms. The van der Waals surface area contributed by atoms with Gasteiger partial charge < -0.3 is 44.2 Å². The number of carbonyl (C=O) groups is 6. The topological polar surface area (TPSA) is 202 Å². The third kappa shape index (κ3) is 8.83. The number of aliphatic carboxylic acids is 1. The third-order valence-corrected chi connectivity index (χ3v) is 7.43. The summed E-state index contributed by atoms with van der Waals surface area (Å²) in [6.07, 6.45) is -6.58. The van der Waals surface area contributed by atoms with Crippen LogP contribution in [-0.2, 0) is 52.4 Å². The van der Waals surface area contributed by atoms with Crippen LogP contribution in [-0.4, -0.2) is 97.5 Å². The van der Waals surface area contributed by atoms with Crippen LogP contribution in [0.15, 0.2) is 48.5 Å². The molecule has 2 aromatic rings. The minimum absolute atomic E-state index is 0.0666. The number of hydrogen-bond acceptors (Lipinski definition) is 12. The number of ether oxygens (including phenoxy) is 6. The number of rotatable bonds is 12. The highest BCUT2D eigenvalue weighted by molar-refractivity contribution is 5.81. The molecule has 1 saturated heterocycles. The molecule has 1 fully saturated rings. The molecule has 1 aliphatic carbocycles. The molecule has 47 heavy (non-hydrogen) atoms. The van der Waals surface area contributed by atoms with Crippen molar-refractivity contribution in [3.05, 3.63) is 59.7 Å². The number of alkyl carbamates (subject to hydrolysis) is 1. The Morgan fingerprint density at radius 2 is 1.36 bits per heavy atom. The van der Waals surface area contributed by atoms with E-state index in [-0.39, 0.29) is 12.5 Å². The normalized spacial score (nSPS) is 22.1. The van der Waals surface area contributed by atoms with E-state index in [4.69, 9.17) is 28.4 Å². The van der Waals surface area contributed by atoms with E-state index >= 15 is 0 Å². The Balaban J connectivity index is 1.48. The summed E-state index contributed by atoms with van der Waals surface area (Å²) in [4.78, 5) is 72.6. The summed E-state index contributed by atoms with van der Waals surface area (Å²) < 4.78 is 32.8. The molecule has 0 saturated carbocycles. The van der Waals surface area contributed by atoms with Crippen molar-refractivity contribution in [3.8, 4) is 11.1 Å². The van der Waals surface area contributed by atoms with Gasteiger partial charge in [0.1, 0.15) is 25.4 Å². The molecular formula is C32H36N2O13. The molecule has 6 atom stereocenters. The maximum absolute atomic E-state index is 12.8. The molecular weight excluding hydrogens is 620 g/mol. The number of carboxylic acids is 1. The average molecular weight is 657 g/mol. The van der Waals surface area contributed by atoms with Crippen molar-refractivity contribution in [2.75, 3.05) is 19.8 Å². The van der Waals surface area contributed by atoms with Gasteiger partial charge in [0.15, 0.2) is 24.5 Å². The van der Waals surface area contributed by atoms with Gasteiger partial charge in [0.05, 0.1) is 6.61 Å². The first-order valence-electron chi connectivity index (χ1n) is 14.7. The van der Waals surface area contributed by atoms with Gasteiger partial charge in [-0.3, -0.25) is 19.2 Å². The molecule has 15 nitrogen and oxygen atoms in total. The Hall–Kier alpha value is -5.02. The Morgan fingerprint density at radius 3 is 1.89 bits per heavy atom. The van der Waals surface area contributed by atoms with E-state index in [0.717, 1.165) is 49.9 Å². The highest BCUT2D eigenvalue weighted by Crippen LogP contribution is 2.44. The van der Waals surface area contributed by atoms with E-state index < -0.39 is 85.8 Å². The number of amides is 2. The summed E-state index contributed by atoms with van der Waals surface area (Å²) in [6.45, 7) is 3.23. The predicted molar refractivity (Wildman–Crippen MR) is 160 cm³/mol. The van der Waals surface area contributed by atoms with Crippen LogP contribution in [0.1, 0.15) is 44.7 Å². The first-order chi connectivity index (χ1) is 22.3. The minimum atomic E-state index is -1.66. The van der Waals surface area contributed by atoms with Gasteiger partial charge >= 0.3 is 30.0 Å². The van der Waals surface area contributed by atoms with Crippen LogP contribution in [0.3, 0.4) is 0 Å². The predicted octanol–water partition coefficient (Wildman–Crippen LogP) is 1.65. The molecule has 0 aromatic heterocycles. The van der Waals surface area contributed by atoms with Crippen LogP contribution < -0.4 is 10.6 Å². The van der Waals surface area contributed by atoms with Crippen LogP contribution in [0.5, 0.6) is 0 Å². The van der Waals surface area contributed by atoms with E-state index in [1.165, 1.54) is 0 Å². The number of carbonyl (C=O) groups excluding carboxylic acids is 5. The molecule has 1 aliphatic heterocycles. The average Bonchev–Trinajstić information content (AvgIpc) is 3.32. The maximum atomic E-state index is 12.8. The Bertz CT molecular complexity index is 1470. The summed E-state index contributed by atoms with van der Waals surface area (Å²) >= 11 is 0. The second-order valence-corrected chi connectivity index (χ2v) is 10.9. The van der Waals surface area contributed by atoms with Gasteiger partial charge in [0.2, 0.25) is 5.91 Å². The number of esters is 3. The fourth-order valence-electron chi connectivity index (χ4n) is 5.58. The van der Waals surface area contributed by atoms with Gasteiger partial charge in [-0.05, 0) is 22.3 Å². The molecule has 4 rings (SSSR count). The molecule has 0 unspecified atom stereocenters. The summed E-state index contributed by atoms with van der Waals surface area (Å²) in [5.41, 5.74) is 3.97. The quantitative estimate of drug-likeness (QED) is 0.220. The molecule has 2 amide bonds. The number of nitrogens with one attached hydrogen (secondary N) is 2. The minimum Gasteiger partial charge on any atom is -0.480 e. The fraction of sp³-hybridized carbons (Fsp3) is 0.438. The van der Waals surface area contributed by atoms with Crippen LogP contribution >= 0.6 is 0 Å². The molecule has 3 N–H and O–H groups in total. The Morgan fingerprint density at radius 1 is 0.787 bits per heavy atom. The lowest BCUT2D eigenvalue weighted by molar-refractivity contribution is -0.278. The first kappa shape index (κ1) is 34.8. The van der Waals surface area contributed by atoms with Crippen molar-refractivity contribution in [3.63, 3.8) is 0 Å². The van der Waals surface area contributed by atoms with Gasteiger partial charge in [-0.15, -0.1) is 0 Å². The van der Waals surface area contributed by atoms with Gasteiger partial charge in [-0.2, -0.15) is 0 Å². The molecule has 1 heterocycles. The van der Waals surface area contributed by atoms with Crippen molar-refractivity contribution < 1.29 is 62.3 Å². The van der Waals surface area contributed by atoms with E-state index in [2.05, 4.69) is 10.6 Å². The lowest BCUT2D eigenvalue weighted by Gasteiger charge is -2.45. The van der Waals surface area contributed by atoms with Crippen LogP contribution in [0, 0.1) is 0 Å². The highest BCUT2D eigenvalue weighted by atomic mass is 16.7. The second kappa shape index (κ2) is 15.5. The molecule has 0 radical (unpaired) electrons. The van der Waals surface area contributed by atoms with Crippen LogP contribution in [0.4, 0.5) is 4.79 Å². The van der Waals surface area contributed by atoms with Crippen molar-refractivity contribution in [2.24, 2.45) is 0 Å². The highest BCUT2D eigenvalue weighted by Gasteiger charge is 2.51. The summed E-state index contributed by atoms with van der Waals surface area (Å²) in [7, 11) is 0. The van der Waals surface area contributed by atoms with Crippen molar-refractivity contribution in [1.82, 2.24) is 10.6 Å². The number of carboxylic acid groups (broad SMARTS) is 1. The van der Waals surface area contributed by atoms with E-state index in [1.54, 1.807) is 0 Å². The van der Waals surface area contributed by atoms with Gasteiger partial charge in [0, 0.05) is 33.6 Å². The van der Waals surface area contributed by atoms with Crippen molar-refractivity contribution in [1.29, 1.82) is 0 Å². The summed E-state index contributed by atoms with van der Waals surface area (Å²) in [5, 5.41) is 14.6. The van der Waals surface area contributed by atoms with Gasteiger partial charge in [0.25, 0.3) is 0 Å². The molecule has 252 valence electrons. The van der Waals surface area contributed by atoms with E-state index in [1.807, 2.05) is 48.5 Å². The van der Waals surface area contributed by atoms with Gasteiger partial charge in [-0.1, -0.05) is 48.5 Å². The Kier molecular flexibility index (Phi) is 11.5. The molecule has 0 bridgehead atoms. The van der Waals surface area contributed by atoms with Crippen LogP contribution in [0.2, 0.25) is 0 Å². The monoisotopic (exact) mass is 656 g/mol. The number of fused-ring (bicyclic) bond motifs is 3. The summed E-state index contributed by atoms with van der Waals surface area (Å²) in [6, 6.07) is 12.5. The van der Waals surface area contributed by atoms with E-state index in [0.29, 0.717) is 0 Å². The zero-order valence-corrected chi connectivity index (χ0v) is 26.1. The summed E-state index contributed by atoms with van der Waals surface area (Å²) in [5.74, 6) is -4.65. The zero-order valence-electron chi connectivity index (χ0n) is 26.1. The standard InChI is InChI=1S/C32H36N2O13/c1-16(35)33-27-29(46-19(4)38)28(45-18(3)37)26(15-42-17(2)36)47-31(27)43-14-25(30(39)40)34-32(41)44-13-24-22-11-7-5-9-20(22)21-10-6-8-12-23(21)24/h5-12,24-29,31H,13-15H2,1-4H3,(H,33,35)(H,34,41)(H,39,40)/t25-,26-,27+,28+,29+,31+/m0/s1. The second-order valence-electron chi connectivity index (χ2n) is 10.9. The largest absolute Gasteiger partial charge is 0.480 e. The lowest BCUT2D eigenvalue weighted by atomic mass is 9.96. The molecule has 2 aliphatic rings. The molecule has 0 spiro atoms. The fourth-order valence-corrected chi connectivity index (χ4v) is 5.58. The van der Waals surface area contributed by atoms with E-state index in [9.17, 15) is 33.9 Å².